The molecule has 1 aliphatic rings. The van der Waals surface area contributed by atoms with E-state index in [-0.39, 0.29) is 6.17 Å². The number of hydrazine groups is 2. The molecule has 0 bridgehead atoms. The summed E-state index contributed by atoms with van der Waals surface area (Å²) >= 11 is 0. The molecule has 10 heavy (non-hydrogen) atoms. The second-order valence-electron chi connectivity index (χ2n) is 2.53. The van der Waals surface area contributed by atoms with Crippen molar-refractivity contribution in [2.45, 2.75) is 19.5 Å². The van der Waals surface area contributed by atoms with Crippen LogP contribution in [0.4, 0.5) is 0 Å². The van der Waals surface area contributed by atoms with Crippen molar-refractivity contribution in [3.8, 4) is 0 Å². The zero-order valence-corrected chi connectivity index (χ0v) is 6.25. The molecule has 1 unspecified atom stereocenters. The number of hydrogen-bond acceptors (Lipinski definition) is 5. The summed E-state index contributed by atoms with van der Waals surface area (Å²) in [6, 6.07) is 0. The largest absolute Gasteiger partial charge is 0.287 e. The second-order valence-corrected chi connectivity index (χ2v) is 2.53. The maximum absolute atomic E-state index is 5.63. The van der Waals surface area contributed by atoms with Crippen LogP contribution in [0.3, 0.4) is 0 Å². The van der Waals surface area contributed by atoms with E-state index in [1.807, 2.05) is 0 Å². The molecule has 0 radical (unpaired) electrons. The molecule has 5 heteroatoms. The minimum absolute atomic E-state index is 0.278. The summed E-state index contributed by atoms with van der Waals surface area (Å²) < 4.78 is 0. The third-order valence-electron chi connectivity index (χ3n) is 1.66. The van der Waals surface area contributed by atoms with Gasteiger partial charge < -0.3 is 0 Å². The molecule has 1 fully saturated rings. The number of nitrogens with two attached hydrogens (primary N) is 2. The molecule has 0 aromatic carbocycles. The van der Waals surface area contributed by atoms with Crippen molar-refractivity contribution in [1.82, 2.24) is 15.3 Å². The topological polar surface area (TPSA) is 70.5 Å². The maximum Gasteiger partial charge on any atom is 0.0809 e. The van der Waals surface area contributed by atoms with Gasteiger partial charge in [0.15, 0.2) is 0 Å². The first-order valence-corrected chi connectivity index (χ1v) is 3.48. The Balaban J connectivity index is 2.36. The van der Waals surface area contributed by atoms with E-state index in [0.717, 1.165) is 6.42 Å². The van der Waals surface area contributed by atoms with Gasteiger partial charge in [0.1, 0.15) is 0 Å². The standard InChI is InChI=1S/C5H15N5/c1-2-5-8-3-9(6)4-10(5)7/h5,8H,2-4,6-7H2,1H3. The number of nitrogens with one attached hydrogen (secondary N) is 1. The summed E-state index contributed by atoms with van der Waals surface area (Å²) in [5, 5.41) is 6.50. The van der Waals surface area contributed by atoms with Gasteiger partial charge in [0, 0.05) is 0 Å². The minimum Gasteiger partial charge on any atom is -0.287 e. The van der Waals surface area contributed by atoms with E-state index in [2.05, 4.69) is 12.2 Å². The molecule has 0 aromatic rings. The van der Waals surface area contributed by atoms with Crippen molar-refractivity contribution in [1.29, 1.82) is 0 Å². The fourth-order valence-electron chi connectivity index (χ4n) is 1.08. The summed E-state index contributed by atoms with van der Waals surface area (Å²) in [5.74, 6) is 11.1. The summed E-state index contributed by atoms with van der Waals surface area (Å²) in [6.07, 6.45) is 1.28. The van der Waals surface area contributed by atoms with Gasteiger partial charge in [0.2, 0.25) is 0 Å². The SMILES string of the molecule is CCC1NCN(N)CN1N. The normalized spacial score (nSPS) is 30.9. The van der Waals surface area contributed by atoms with Gasteiger partial charge in [-0.15, -0.1) is 0 Å². The molecular weight excluding hydrogens is 130 g/mol. The molecule has 1 heterocycles. The van der Waals surface area contributed by atoms with E-state index in [0.29, 0.717) is 13.3 Å². The fourth-order valence-corrected chi connectivity index (χ4v) is 1.08. The predicted octanol–water partition coefficient (Wildman–Crippen LogP) is -1.41. The Labute approximate surface area is 60.9 Å². The molecule has 0 aromatic heterocycles. The molecule has 0 saturated carbocycles. The lowest BCUT2D eigenvalue weighted by atomic mass is 10.3. The van der Waals surface area contributed by atoms with Crippen molar-refractivity contribution in [2.75, 3.05) is 13.3 Å². The number of nitrogens with zero attached hydrogens (tertiary/aromatic N) is 2. The summed E-state index contributed by atoms with van der Waals surface area (Å²) in [6.45, 7) is 3.43. The lowest BCUT2D eigenvalue weighted by molar-refractivity contribution is 0.0128. The van der Waals surface area contributed by atoms with E-state index in [9.17, 15) is 0 Å². The fraction of sp³-hybridized carbons (Fsp3) is 1.00. The Bertz CT molecular complexity index is 106. The Morgan fingerprint density at radius 3 is 2.80 bits per heavy atom. The van der Waals surface area contributed by atoms with Gasteiger partial charge in [0.05, 0.1) is 19.5 Å². The molecule has 1 atom stereocenters. The highest BCUT2D eigenvalue weighted by Crippen LogP contribution is 1.99. The van der Waals surface area contributed by atoms with Crippen molar-refractivity contribution in [3.05, 3.63) is 0 Å². The summed E-state index contributed by atoms with van der Waals surface area (Å²) in [5.41, 5.74) is 0. The minimum atomic E-state index is 0.278. The highest BCUT2D eigenvalue weighted by atomic mass is 15.6. The molecule has 0 aliphatic carbocycles. The first-order valence-electron chi connectivity index (χ1n) is 3.48. The average Bonchev–Trinajstić information content (AvgIpc) is 1.88. The van der Waals surface area contributed by atoms with Crippen LogP contribution in [0, 0.1) is 0 Å². The first kappa shape index (κ1) is 7.90. The molecule has 5 nitrogen and oxygen atoms in total. The quantitative estimate of drug-likeness (QED) is 0.396. The van der Waals surface area contributed by atoms with Crippen LogP contribution in [0.5, 0.6) is 0 Å². The van der Waals surface area contributed by atoms with Gasteiger partial charge >= 0.3 is 0 Å². The van der Waals surface area contributed by atoms with E-state index in [4.69, 9.17) is 11.7 Å². The highest BCUT2D eigenvalue weighted by Gasteiger charge is 2.19. The van der Waals surface area contributed by atoms with Gasteiger partial charge in [-0.3, -0.25) is 17.0 Å². The Morgan fingerprint density at radius 1 is 1.60 bits per heavy atom. The zero-order valence-electron chi connectivity index (χ0n) is 6.25. The third-order valence-corrected chi connectivity index (χ3v) is 1.66. The van der Waals surface area contributed by atoms with Crippen LogP contribution in [0.1, 0.15) is 13.3 Å². The van der Waals surface area contributed by atoms with Crippen LogP contribution in [-0.4, -0.2) is 29.5 Å². The third kappa shape index (κ3) is 1.65. The summed E-state index contributed by atoms with van der Waals surface area (Å²) in [4.78, 5) is 0. The Morgan fingerprint density at radius 2 is 2.30 bits per heavy atom. The van der Waals surface area contributed by atoms with Gasteiger partial charge in [0.25, 0.3) is 0 Å². The van der Waals surface area contributed by atoms with E-state index in [1.54, 1.807) is 10.0 Å². The Kier molecular flexibility index (Phi) is 2.58. The zero-order chi connectivity index (χ0) is 7.56. The lowest BCUT2D eigenvalue weighted by Crippen LogP contribution is -2.63. The second kappa shape index (κ2) is 3.27. The van der Waals surface area contributed by atoms with Gasteiger partial charge in [-0.2, -0.15) is 0 Å². The van der Waals surface area contributed by atoms with Gasteiger partial charge in [-0.05, 0) is 6.42 Å². The molecular formula is C5H15N5. The smallest absolute Gasteiger partial charge is 0.0809 e. The van der Waals surface area contributed by atoms with E-state index < -0.39 is 0 Å². The number of hydrogen-bond donors (Lipinski definition) is 3. The molecule has 1 aliphatic heterocycles. The molecule has 0 spiro atoms. The van der Waals surface area contributed by atoms with Crippen LogP contribution in [0.15, 0.2) is 0 Å². The van der Waals surface area contributed by atoms with E-state index >= 15 is 0 Å². The Hall–Kier alpha value is -0.200. The number of rotatable bonds is 1. The summed E-state index contributed by atoms with van der Waals surface area (Å²) in [7, 11) is 0. The molecule has 1 rings (SSSR count). The van der Waals surface area contributed by atoms with Crippen LogP contribution in [0.25, 0.3) is 0 Å². The molecule has 5 N–H and O–H groups in total. The molecule has 1 saturated heterocycles. The average molecular weight is 145 g/mol. The lowest BCUT2D eigenvalue weighted by Gasteiger charge is -2.36. The van der Waals surface area contributed by atoms with Crippen molar-refractivity contribution < 1.29 is 0 Å². The molecule has 60 valence electrons. The van der Waals surface area contributed by atoms with Crippen LogP contribution >= 0.6 is 0 Å². The van der Waals surface area contributed by atoms with Crippen molar-refractivity contribution in [3.63, 3.8) is 0 Å². The highest BCUT2D eigenvalue weighted by molar-refractivity contribution is 4.66. The maximum atomic E-state index is 5.63. The molecule has 0 amide bonds. The van der Waals surface area contributed by atoms with Crippen molar-refractivity contribution >= 4 is 0 Å². The van der Waals surface area contributed by atoms with Crippen molar-refractivity contribution in [2.24, 2.45) is 11.7 Å². The first-order chi connectivity index (χ1) is 4.74. The van der Waals surface area contributed by atoms with Crippen LogP contribution in [0.2, 0.25) is 0 Å². The van der Waals surface area contributed by atoms with Gasteiger partial charge in [-0.25, -0.2) is 10.0 Å². The van der Waals surface area contributed by atoms with E-state index in [1.165, 1.54) is 0 Å². The van der Waals surface area contributed by atoms with Crippen LogP contribution in [-0.2, 0) is 0 Å². The predicted molar refractivity (Wildman–Crippen MR) is 39.0 cm³/mol. The van der Waals surface area contributed by atoms with Crippen LogP contribution < -0.4 is 17.0 Å². The monoisotopic (exact) mass is 145 g/mol. The van der Waals surface area contributed by atoms with Gasteiger partial charge in [-0.1, -0.05) is 6.92 Å².